The molecule has 2 heterocycles. The van der Waals surface area contributed by atoms with E-state index in [4.69, 9.17) is 0 Å². The lowest BCUT2D eigenvalue weighted by molar-refractivity contribution is 0.0977. The van der Waals surface area contributed by atoms with E-state index >= 15 is 0 Å². The molecular formula is C15H15N3OS3. The van der Waals surface area contributed by atoms with Crippen molar-refractivity contribution in [3.8, 4) is 0 Å². The van der Waals surface area contributed by atoms with Crippen molar-refractivity contribution in [2.75, 3.05) is 12.3 Å². The zero-order valence-corrected chi connectivity index (χ0v) is 14.5. The number of amides is 1. The Bertz CT molecular complexity index is 712. The van der Waals surface area contributed by atoms with Crippen molar-refractivity contribution >= 4 is 45.9 Å². The van der Waals surface area contributed by atoms with Gasteiger partial charge in [-0.15, -0.1) is 11.3 Å². The number of nitrogens with one attached hydrogen (secondary N) is 1. The van der Waals surface area contributed by atoms with Crippen LogP contribution in [-0.4, -0.2) is 28.4 Å². The molecule has 114 valence electrons. The Labute approximate surface area is 141 Å². The van der Waals surface area contributed by atoms with Crippen LogP contribution in [0.5, 0.6) is 0 Å². The van der Waals surface area contributed by atoms with Crippen molar-refractivity contribution in [3.05, 3.63) is 46.5 Å². The highest BCUT2D eigenvalue weighted by Crippen LogP contribution is 2.27. The Hall–Kier alpha value is -1.31. The minimum Gasteiger partial charge on any atom is -0.301 e. The van der Waals surface area contributed by atoms with Crippen LogP contribution in [0.25, 0.3) is 0 Å². The predicted molar refractivity (Wildman–Crippen MR) is 95.1 cm³/mol. The quantitative estimate of drug-likeness (QED) is 0.857. The fraction of sp³-hybridized carbons (Fsp3) is 0.267. The van der Waals surface area contributed by atoms with Gasteiger partial charge in [0.25, 0.3) is 5.91 Å². The van der Waals surface area contributed by atoms with Gasteiger partial charge in [0.05, 0.1) is 6.54 Å². The van der Waals surface area contributed by atoms with Gasteiger partial charge in [0.15, 0.2) is 5.17 Å². The number of hydrogen-bond donors (Lipinski definition) is 1. The molecular weight excluding hydrogens is 334 g/mol. The molecule has 0 radical (unpaired) electrons. The van der Waals surface area contributed by atoms with E-state index in [2.05, 4.69) is 15.3 Å². The molecule has 1 N–H and O–H groups in total. The highest BCUT2D eigenvalue weighted by Gasteiger charge is 2.15. The van der Waals surface area contributed by atoms with Gasteiger partial charge in [-0.25, -0.2) is 4.98 Å². The second-order valence-electron chi connectivity index (χ2n) is 4.69. The molecule has 0 spiro atoms. The van der Waals surface area contributed by atoms with Crippen LogP contribution in [0.1, 0.15) is 21.6 Å². The van der Waals surface area contributed by atoms with Gasteiger partial charge in [0.1, 0.15) is 4.34 Å². The SMILES string of the molecule is Cc1csc(SCc2ccccc2C(=O)NC2=NCCS2)n1. The standard InChI is InChI=1S/C15H15N3OS3/c1-10-8-21-15(17-10)22-9-11-4-2-3-5-12(11)13(19)18-14-16-6-7-20-14/h2-5,8H,6-7,9H2,1H3,(H,16,18,19). The molecule has 0 bridgehead atoms. The van der Waals surface area contributed by atoms with Crippen LogP contribution in [0.3, 0.4) is 0 Å². The summed E-state index contributed by atoms with van der Waals surface area (Å²) < 4.78 is 1.03. The molecule has 1 aliphatic rings. The molecule has 1 aromatic carbocycles. The lowest BCUT2D eigenvalue weighted by atomic mass is 10.1. The van der Waals surface area contributed by atoms with E-state index < -0.39 is 0 Å². The van der Waals surface area contributed by atoms with Crippen molar-refractivity contribution in [1.29, 1.82) is 0 Å². The minimum absolute atomic E-state index is 0.0836. The number of thioether (sulfide) groups is 2. The zero-order valence-electron chi connectivity index (χ0n) is 12.0. The molecule has 0 atom stereocenters. The molecule has 3 rings (SSSR count). The van der Waals surface area contributed by atoms with Crippen LogP contribution in [-0.2, 0) is 5.75 Å². The lowest BCUT2D eigenvalue weighted by Gasteiger charge is -2.09. The fourth-order valence-corrected chi connectivity index (χ4v) is 4.56. The van der Waals surface area contributed by atoms with Crippen molar-refractivity contribution in [1.82, 2.24) is 10.3 Å². The number of carbonyl (C=O) groups is 1. The van der Waals surface area contributed by atoms with Crippen LogP contribution >= 0.6 is 34.9 Å². The van der Waals surface area contributed by atoms with Gasteiger partial charge < -0.3 is 5.32 Å². The third-order valence-corrected chi connectivity index (χ3v) is 6.10. The number of aryl methyl sites for hydroxylation is 1. The first-order chi connectivity index (χ1) is 10.7. The maximum Gasteiger partial charge on any atom is 0.257 e. The van der Waals surface area contributed by atoms with Gasteiger partial charge >= 0.3 is 0 Å². The molecule has 1 aromatic heterocycles. The van der Waals surface area contributed by atoms with E-state index in [0.717, 1.165) is 38.8 Å². The molecule has 0 aliphatic carbocycles. The number of hydrogen-bond acceptors (Lipinski definition) is 6. The van der Waals surface area contributed by atoms with Crippen molar-refractivity contribution in [2.24, 2.45) is 4.99 Å². The van der Waals surface area contributed by atoms with Gasteiger partial charge in [-0.2, -0.15) is 0 Å². The van der Waals surface area contributed by atoms with Crippen LogP contribution < -0.4 is 5.32 Å². The Morgan fingerprint density at radius 3 is 3.00 bits per heavy atom. The normalized spacial score (nSPS) is 14.0. The number of rotatable bonds is 4. The van der Waals surface area contributed by atoms with Gasteiger partial charge in [0.2, 0.25) is 0 Å². The Morgan fingerprint density at radius 2 is 2.27 bits per heavy atom. The summed E-state index contributed by atoms with van der Waals surface area (Å²) in [7, 11) is 0. The van der Waals surface area contributed by atoms with Gasteiger partial charge in [0, 0.05) is 28.1 Å². The summed E-state index contributed by atoms with van der Waals surface area (Å²) in [6.07, 6.45) is 0. The monoisotopic (exact) mass is 349 g/mol. The van der Waals surface area contributed by atoms with E-state index in [-0.39, 0.29) is 5.91 Å². The minimum atomic E-state index is -0.0836. The molecule has 0 unspecified atom stereocenters. The van der Waals surface area contributed by atoms with Gasteiger partial charge in [-0.05, 0) is 18.6 Å². The molecule has 22 heavy (non-hydrogen) atoms. The first kappa shape index (κ1) is 15.6. The van der Waals surface area contributed by atoms with E-state index in [0.29, 0.717) is 5.56 Å². The highest BCUT2D eigenvalue weighted by molar-refractivity contribution is 8.14. The summed E-state index contributed by atoms with van der Waals surface area (Å²) in [4.78, 5) is 21.1. The number of benzene rings is 1. The Balaban J connectivity index is 1.70. The van der Waals surface area contributed by atoms with Gasteiger partial charge in [-0.1, -0.05) is 41.7 Å². The Morgan fingerprint density at radius 1 is 1.41 bits per heavy atom. The maximum atomic E-state index is 12.4. The van der Waals surface area contributed by atoms with Crippen molar-refractivity contribution in [2.45, 2.75) is 17.0 Å². The molecule has 0 saturated heterocycles. The number of thiazole rings is 1. The third kappa shape index (κ3) is 3.91. The fourth-order valence-electron chi connectivity index (χ4n) is 1.98. The number of aromatic nitrogens is 1. The predicted octanol–water partition coefficient (Wildman–Crippen LogP) is 3.58. The largest absolute Gasteiger partial charge is 0.301 e. The smallest absolute Gasteiger partial charge is 0.257 e. The summed E-state index contributed by atoms with van der Waals surface area (Å²) in [5, 5.41) is 5.65. The summed E-state index contributed by atoms with van der Waals surface area (Å²) in [5.74, 6) is 1.59. The second-order valence-corrected chi connectivity index (χ2v) is 7.85. The summed E-state index contributed by atoms with van der Waals surface area (Å²) in [5.41, 5.74) is 2.76. The molecule has 7 heteroatoms. The first-order valence-electron chi connectivity index (χ1n) is 6.84. The Kier molecular flexibility index (Phi) is 5.17. The second kappa shape index (κ2) is 7.30. The number of aliphatic imine (C=N–C) groups is 1. The van der Waals surface area contributed by atoms with E-state index in [9.17, 15) is 4.79 Å². The van der Waals surface area contributed by atoms with Crippen molar-refractivity contribution in [3.63, 3.8) is 0 Å². The maximum absolute atomic E-state index is 12.4. The van der Waals surface area contributed by atoms with Crippen LogP contribution in [0.4, 0.5) is 0 Å². The molecule has 0 fully saturated rings. The average molecular weight is 350 g/mol. The van der Waals surface area contributed by atoms with E-state index in [1.54, 1.807) is 34.9 Å². The number of amidine groups is 1. The van der Waals surface area contributed by atoms with Gasteiger partial charge in [-0.3, -0.25) is 9.79 Å². The first-order valence-corrected chi connectivity index (χ1v) is 9.69. The average Bonchev–Trinajstić information content (AvgIpc) is 3.17. The number of carbonyl (C=O) groups excluding carboxylic acids is 1. The third-order valence-electron chi connectivity index (χ3n) is 3.02. The van der Waals surface area contributed by atoms with Crippen LogP contribution in [0.2, 0.25) is 0 Å². The summed E-state index contributed by atoms with van der Waals surface area (Å²) in [6.45, 7) is 2.77. The molecule has 1 aliphatic heterocycles. The molecule has 0 saturated carbocycles. The van der Waals surface area contributed by atoms with E-state index in [1.165, 1.54) is 0 Å². The molecule has 1 amide bonds. The van der Waals surface area contributed by atoms with Crippen LogP contribution in [0.15, 0.2) is 39.0 Å². The van der Waals surface area contributed by atoms with Crippen LogP contribution in [0, 0.1) is 6.92 Å². The zero-order chi connectivity index (χ0) is 15.4. The molecule has 4 nitrogen and oxygen atoms in total. The lowest BCUT2D eigenvalue weighted by Crippen LogP contribution is -2.28. The molecule has 2 aromatic rings. The topological polar surface area (TPSA) is 54.4 Å². The van der Waals surface area contributed by atoms with E-state index in [1.807, 2.05) is 36.6 Å². The van der Waals surface area contributed by atoms with Crippen molar-refractivity contribution < 1.29 is 4.79 Å². The summed E-state index contributed by atoms with van der Waals surface area (Å²) >= 11 is 4.89. The highest BCUT2D eigenvalue weighted by atomic mass is 32.2. The number of nitrogens with zero attached hydrogens (tertiary/aromatic N) is 2. The summed E-state index contributed by atoms with van der Waals surface area (Å²) in [6, 6.07) is 7.70.